The summed E-state index contributed by atoms with van der Waals surface area (Å²) in [5, 5.41) is 1.10. The van der Waals surface area contributed by atoms with Crippen LogP contribution in [0.25, 0.3) is 21.2 Å². The number of rotatable bonds is 2. The van der Waals surface area contributed by atoms with E-state index in [4.69, 9.17) is 16.3 Å². The number of fused-ring (bicyclic) bond motifs is 1. The first-order valence-corrected chi connectivity index (χ1v) is 7.26. The van der Waals surface area contributed by atoms with Crippen LogP contribution in [-0.4, -0.2) is 13.1 Å². The maximum absolute atomic E-state index is 11.6. The van der Waals surface area contributed by atoms with Gasteiger partial charge in [-0.1, -0.05) is 41.9 Å². The first-order chi connectivity index (χ1) is 9.70. The number of thiophene rings is 1. The third-order valence-corrected chi connectivity index (χ3v) is 4.50. The lowest BCUT2D eigenvalue weighted by molar-refractivity contribution is 0.0601. The van der Waals surface area contributed by atoms with Crippen molar-refractivity contribution < 1.29 is 9.53 Å². The molecular weight excluding hydrogens is 292 g/mol. The number of esters is 1. The Morgan fingerprint density at radius 2 is 1.95 bits per heavy atom. The van der Waals surface area contributed by atoms with E-state index in [1.165, 1.54) is 7.11 Å². The first-order valence-electron chi connectivity index (χ1n) is 6.06. The van der Waals surface area contributed by atoms with Crippen molar-refractivity contribution in [1.82, 2.24) is 0 Å². The molecule has 0 aliphatic carbocycles. The van der Waals surface area contributed by atoms with Crippen molar-refractivity contribution in [2.24, 2.45) is 0 Å². The van der Waals surface area contributed by atoms with Gasteiger partial charge in [0.15, 0.2) is 0 Å². The Kier molecular flexibility index (Phi) is 3.47. The Balaban J connectivity index is 2.21. The summed E-state index contributed by atoms with van der Waals surface area (Å²) in [7, 11) is 1.38. The molecule has 1 aromatic heterocycles. The summed E-state index contributed by atoms with van der Waals surface area (Å²) in [5.41, 5.74) is 2.42. The molecule has 100 valence electrons. The fourth-order valence-corrected chi connectivity index (χ4v) is 3.61. The van der Waals surface area contributed by atoms with Gasteiger partial charge in [-0.15, -0.1) is 11.3 Å². The molecule has 0 radical (unpaired) electrons. The van der Waals surface area contributed by atoms with E-state index in [1.807, 2.05) is 42.5 Å². The van der Waals surface area contributed by atoms with Crippen molar-refractivity contribution in [3.63, 3.8) is 0 Å². The average molecular weight is 303 g/mol. The number of benzene rings is 2. The van der Waals surface area contributed by atoms with Crippen LogP contribution in [0.5, 0.6) is 0 Å². The summed E-state index contributed by atoms with van der Waals surface area (Å²) in [6.07, 6.45) is 0. The minimum atomic E-state index is -0.345. The summed E-state index contributed by atoms with van der Waals surface area (Å²) in [5.74, 6) is -0.345. The number of methoxy groups -OCH3 is 1. The number of hydrogen-bond donors (Lipinski definition) is 0. The smallest absolute Gasteiger partial charge is 0.337 e. The third kappa shape index (κ3) is 2.19. The molecule has 0 fully saturated rings. The van der Waals surface area contributed by atoms with Crippen LogP contribution in [0.15, 0.2) is 48.5 Å². The zero-order chi connectivity index (χ0) is 14.1. The lowest BCUT2D eigenvalue weighted by Gasteiger charge is -2.04. The minimum Gasteiger partial charge on any atom is -0.465 e. The average Bonchev–Trinajstić information content (AvgIpc) is 2.82. The molecule has 3 rings (SSSR count). The van der Waals surface area contributed by atoms with Gasteiger partial charge in [0.05, 0.1) is 12.7 Å². The molecule has 1 heterocycles. The van der Waals surface area contributed by atoms with Crippen LogP contribution >= 0.6 is 22.9 Å². The van der Waals surface area contributed by atoms with E-state index in [-0.39, 0.29) is 5.97 Å². The summed E-state index contributed by atoms with van der Waals surface area (Å²) in [6.45, 7) is 0. The summed E-state index contributed by atoms with van der Waals surface area (Å²) in [6, 6.07) is 15.4. The zero-order valence-electron chi connectivity index (χ0n) is 10.7. The van der Waals surface area contributed by atoms with E-state index in [0.717, 1.165) is 25.5 Å². The van der Waals surface area contributed by atoms with E-state index >= 15 is 0 Å². The Morgan fingerprint density at radius 3 is 2.75 bits per heavy atom. The van der Waals surface area contributed by atoms with Crippen LogP contribution in [0.1, 0.15) is 10.4 Å². The van der Waals surface area contributed by atoms with E-state index in [1.54, 1.807) is 17.4 Å². The quantitative estimate of drug-likeness (QED) is 0.622. The number of ether oxygens (including phenoxy) is 1. The molecule has 2 aromatic carbocycles. The van der Waals surface area contributed by atoms with Gasteiger partial charge in [0.1, 0.15) is 4.34 Å². The highest BCUT2D eigenvalue weighted by Crippen LogP contribution is 2.42. The standard InChI is InChI=1S/C16H11ClO2S/c1-19-16(18)11-6-4-5-10(9-11)14-12-7-2-3-8-13(12)20-15(14)17/h2-9H,1H3. The van der Waals surface area contributed by atoms with Crippen molar-refractivity contribution in [3.8, 4) is 11.1 Å². The second kappa shape index (κ2) is 5.27. The van der Waals surface area contributed by atoms with Crippen LogP contribution in [0.3, 0.4) is 0 Å². The predicted octanol–water partition coefficient (Wildman–Crippen LogP) is 5.01. The largest absolute Gasteiger partial charge is 0.465 e. The maximum Gasteiger partial charge on any atom is 0.337 e. The van der Waals surface area contributed by atoms with Crippen molar-refractivity contribution in [2.45, 2.75) is 0 Å². The Bertz CT molecular complexity index is 792. The van der Waals surface area contributed by atoms with Crippen LogP contribution in [0.2, 0.25) is 4.34 Å². The lowest BCUT2D eigenvalue weighted by atomic mass is 10.0. The van der Waals surface area contributed by atoms with Crippen molar-refractivity contribution >= 4 is 39.0 Å². The molecule has 0 bridgehead atoms. The van der Waals surface area contributed by atoms with Gasteiger partial charge in [0.25, 0.3) is 0 Å². The molecule has 0 aliphatic rings. The second-order valence-corrected chi connectivity index (χ2v) is 5.97. The molecule has 20 heavy (non-hydrogen) atoms. The summed E-state index contributed by atoms with van der Waals surface area (Å²) >= 11 is 7.91. The van der Waals surface area contributed by atoms with Gasteiger partial charge >= 0.3 is 5.97 Å². The van der Waals surface area contributed by atoms with Gasteiger partial charge in [-0.3, -0.25) is 0 Å². The van der Waals surface area contributed by atoms with Crippen LogP contribution in [0, 0.1) is 0 Å². The van der Waals surface area contributed by atoms with Crippen LogP contribution in [-0.2, 0) is 4.74 Å². The Morgan fingerprint density at radius 1 is 1.15 bits per heavy atom. The fourth-order valence-electron chi connectivity index (χ4n) is 2.20. The third-order valence-electron chi connectivity index (χ3n) is 3.12. The van der Waals surface area contributed by atoms with E-state index in [0.29, 0.717) is 5.56 Å². The monoisotopic (exact) mass is 302 g/mol. The first kappa shape index (κ1) is 13.2. The molecule has 0 spiro atoms. The molecule has 0 unspecified atom stereocenters. The highest BCUT2D eigenvalue weighted by Gasteiger charge is 2.14. The van der Waals surface area contributed by atoms with E-state index in [9.17, 15) is 4.79 Å². The number of halogens is 1. The highest BCUT2D eigenvalue weighted by atomic mass is 35.5. The van der Waals surface area contributed by atoms with Gasteiger partial charge in [0, 0.05) is 15.6 Å². The molecule has 0 saturated heterocycles. The summed E-state index contributed by atoms with van der Waals surface area (Å²) in [4.78, 5) is 11.6. The van der Waals surface area contributed by atoms with Crippen molar-refractivity contribution in [2.75, 3.05) is 7.11 Å². The van der Waals surface area contributed by atoms with Gasteiger partial charge in [0.2, 0.25) is 0 Å². The van der Waals surface area contributed by atoms with Gasteiger partial charge < -0.3 is 4.74 Å². The van der Waals surface area contributed by atoms with Gasteiger partial charge in [-0.05, 0) is 23.8 Å². The summed E-state index contributed by atoms with van der Waals surface area (Å²) < 4.78 is 6.62. The van der Waals surface area contributed by atoms with Crippen molar-refractivity contribution in [1.29, 1.82) is 0 Å². The molecule has 0 aliphatic heterocycles. The minimum absolute atomic E-state index is 0.345. The Labute approximate surface area is 125 Å². The van der Waals surface area contributed by atoms with Crippen LogP contribution < -0.4 is 0 Å². The Hall–Kier alpha value is -1.84. The maximum atomic E-state index is 11.6. The molecule has 3 aromatic rings. The molecule has 0 N–H and O–H groups in total. The number of hydrogen-bond acceptors (Lipinski definition) is 3. The fraction of sp³-hybridized carbons (Fsp3) is 0.0625. The molecule has 0 amide bonds. The molecule has 0 saturated carbocycles. The highest BCUT2D eigenvalue weighted by molar-refractivity contribution is 7.23. The number of carbonyl (C=O) groups excluding carboxylic acids is 1. The van der Waals surface area contributed by atoms with Crippen molar-refractivity contribution in [3.05, 3.63) is 58.4 Å². The lowest BCUT2D eigenvalue weighted by Crippen LogP contribution is -2.00. The van der Waals surface area contributed by atoms with Gasteiger partial charge in [-0.2, -0.15) is 0 Å². The normalized spacial score (nSPS) is 10.7. The molecular formula is C16H11ClO2S. The SMILES string of the molecule is COC(=O)c1cccc(-c2c(Cl)sc3ccccc23)c1. The van der Waals surface area contributed by atoms with Gasteiger partial charge in [-0.25, -0.2) is 4.79 Å². The topological polar surface area (TPSA) is 26.3 Å². The predicted molar refractivity (Wildman–Crippen MR) is 83.6 cm³/mol. The zero-order valence-corrected chi connectivity index (χ0v) is 12.3. The second-order valence-electron chi connectivity index (χ2n) is 4.32. The molecule has 2 nitrogen and oxygen atoms in total. The molecule has 0 atom stereocenters. The van der Waals surface area contributed by atoms with E-state index in [2.05, 4.69) is 0 Å². The number of carbonyl (C=O) groups is 1. The van der Waals surface area contributed by atoms with E-state index < -0.39 is 0 Å². The van der Waals surface area contributed by atoms with Crippen LogP contribution in [0.4, 0.5) is 0 Å². The molecule has 4 heteroatoms.